The summed E-state index contributed by atoms with van der Waals surface area (Å²) in [5, 5.41) is 24.0. The lowest BCUT2D eigenvalue weighted by atomic mass is 10.0. The van der Waals surface area contributed by atoms with E-state index >= 15 is 0 Å². The van der Waals surface area contributed by atoms with Crippen LogP contribution in [0.15, 0.2) is 41.7 Å². The van der Waals surface area contributed by atoms with E-state index in [2.05, 4.69) is 26.0 Å². The zero-order chi connectivity index (χ0) is 20.6. The average Bonchev–Trinajstić information content (AvgIpc) is 3.08. The molecule has 8 heteroatoms. The highest BCUT2D eigenvalue weighted by Gasteiger charge is 2.24. The van der Waals surface area contributed by atoms with E-state index in [0.29, 0.717) is 12.5 Å². The summed E-state index contributed by atoms with van der Waals surface area (Å²) in [5.41, 5.74) is 1.58. The zero-order valence-corrected chi connectivity index (χ0v) is 17.0. The van der Waals surface area contributed by atoms with Gasteiger partial charge in [0.15, 0.2) is 5.96 Å². The predicted octanol–water partition coefficient (Wildman–Crippen LogP) is 1.38. The molecule has 2 aromatic rings. The minimum absolute atomic E-state index is 0.0805. The number of nitrogens with zero attached hydrogens (tertiary/aromatic N) is 3. The maximum atomic E-state index is 11.1. The van der Waals surface area contributed by atoms with Crippen molar-refractivity contribution in [3.63, 3.8) is 0 Å². The Balaban J connectivity index is 1.89. The standard InChI is InChI=1S/C20H30N6O2/c1-5-21-19(23-14-20(3,28)17-12-24-26(4)13-17)22-11-10-16-6-8-18(9-7-16)25-15(2)27/h6-9,12-13,28H,5,10-11,14H2,1-4H3,(H,25,27)(H2,21,22,23). The first-order valence-corrected chi connectivity index (χ1v) is 9.40. The normalized spacial score (nSPS) is 13.7. The number of guanidine groups is 1. The number of aryl methyl sites for hydroxylation is 1. The van der Waals surface area contributed by atoms with Crippen molar-refractivity contribution in [2.75, 3.05) is 25.0 Å². The summed E-state index contributed by atoms with van der Waals surface area (Å²) >= 11 is 0. The molecule has 0 bridgehead atoms. The SMILES string of the molecule is CCNC(=NCC(C)(O)c1cnn(C)c1)NCCc1ccc(NC(C)=O)cc1. The Labute approximate surface area is 166 Å². The topological polar surface area (TPSA) is 104 Å². The third kappa shape index (κ3) is 6.70. The number of nitrogens with one attached hydrogen (secondary N) is 3. The minimum Gasteiger partial charge on any atom is -0.383 e. The highest BCUT2D eigenvalue weighted by Crippen LogP contribution is 2.19. The van der Waals surface area contributed by atoms with Crippen molar-refractivity contribution in [2.24, 2.45) is 12.0 Å². The van der Waals surface area contributed by atoms with E-state index in [0.717, 1.165) is 29.8 Å². The molecule has 0 aliphatic carbocycles. The van der Waals surface area contributed by atoms with Gasteiger partial charge in [-0.2, -0.15) is 5.10 Å². The van der Waals surface area contributed by atoms with Gasteiger partial charge in [-0.15, -0.1) is 0 Å². The number of benzene rings is 1. The predicted molar refractivity (Wildman–Crippen MR) is 111 cm³/mol. The molecule has 1 aromatic heterocycles. The molecule has 0 radical (unpaired) electrons. The van der Waals surface area contributed by atoms with Gasteiger partial charge in [-0.1, -0.05) is 12.1 Å². The van der Waals surface area contributed by atoms with E-state index in [9.17, 15) is 9.90 Å². The molecule has 152 valence electrons. The molecule has 0 spiro atoms. The fourth-order valence-corrected chi connectivity index (χ4v) is 2.65. The Bertz CT molecular complexity index is 795. The maximum absolute atomic E-state index is 11.1. The lowest BCUT2D eigenvalue weighted by Gasteiger charge is -2.20. The summed E-state index contributed by atoms with van der Waals surface area (Å²) in [6.45, 7) is 6.86. The van der Waals surface area contributed by atoms with Crippen molar-refractivity contribution in [3.05, 3.63) is 47.8 Å². The molecule has 0 aliphatic rings. The van der Waals surface area contributed by atoms with Gasteiger partial charge in [0.05, 0.1) is 12.7 Å². The van der Waals surface area contributed by atoms with Gasteiger partial charge in [0, 0.05) is 44.5 Å². The van der Waals surface area contributed by atoms with Crippen molar-refractivity contribution in [2.45, 2.75) is 32.8 Å². The van der Waals surface area contributed by atoms with Crippen LogP contribution in [0.4, 0.5) is 5.69 Å². The van der Waals surface area contributed by atoms with Crippen LogP contribution in [-0.4, -0.2) is 46.4 Å². The third-order valence-electron chi connectivity index (χ3n) is 4.20. The number of carbonyl (C=O) groups is 1. The molecule has 0 aliphatic heterocycles. The number of carbonyl (C=O) groups excluding carboxylic acids is 1. The quantitative estimate of drug-likeness (QED) is 0.405. The van der Waals surface area contributed by atoms with Gasteiger partial charge >= 0.3 is 0 Å². The second-order valence-electron chi connectivity index (χ2n) is 6.93. The highest BCUT2D eigenvalue weighted by molar-refractivity contribution is 5.88. The van der Waals surface area contributed by atoms with Crippen molar-refractivity contribution in [1.29, 1.82) is 0 Å². The van der Waals surface area contributed by atoms with Crippen LogP contribution >= 0.6 is 0 Å². The highest BCUT2D eigenvalue weighted by atomic mass is 16.3. The maximum Gasteiger partial charge on any atom is 0.221 e. The lowest BCUT2D eigenvalue weighted by Crippen LogP contribution is -2.39. The molecule has 2 rings (SSSR count). The Hall–Kier alpha value is -2.87. The van der Waals surface area contributed by atoms with E-state index in [-0.39, 0.29) is 12.5 Å². The van der Waals surface area contributed by atoms with Gasteiger partial charge in [0.2, 0.25) is 5.91 Å². The fraction of sp³-hybridized carbons (Fsp3) is 0.450. The van der Waals surface area contributed by atoms with Crippen molar-refractivity contribution < 1.29 is 9.90 Å². The van der Waals surface area contributed by atoms with Crippen LogP contribution in [0.1, 0.15) is 31.9 Å². The first-order valence-electron chi connectivity index (χ1n) is 9.40. The summed E-state index contributed by atoms with van der Waals surface area (Å²) in [5.74, 6) is 0.574. The van der Waals surface area contributed by atoms with Crippen LogP contribution in [0.5, 0.6) is 0 Å². The lowest BCUT2D eigenvalue weighted by molar-refractivity contribution is -0.114. The minimum atomic E-state index is -1.09. The van der Waals surface area contributed by atoms with Crippen molar-refractivity contribution >= 4 is 17.6 Å². The molecule has 1 aromatic carbocycles. The van der Waals surface area contributed by atoms with Gasteiger partial charge in [0.25, 0.3) is 0 Å². The second kappa shape index (κ2) is 9.89. The molecule has 8 nitrogen and oxygen atoms in total. The van der Waals surface area contributed by atoms with E-state index in [1.54, 1.807) is 24.0 Å². The van der Waals surface area contributed by atoms with Gasteiger partial charge in [-0.25, -0.2) is 4.99 Å². The van der Waals surface area contributed by atoms with E-state index < -0.39 is 5.60 Å². The number of rotatable bonds is 8. The number of aromatic nitrogens is 2. The van der Waals surface area contributed by atoms with Crippen LogP contribution in [0, 0.1) is 0 Å². The zero-order valence-electron chi connectivity index (χ0n) is 17.0. The van der Waals surface area contributed by atoms with Crippen LogP contribution < -0.4 is 16.0 Å². The Morgan fingerprint density at radius 3 is 2.57 bits per heavy atom. The summed E-state index contributed by atoms with van der Waals surface area (Å²) in [7, 11) is 1.82. The number of amides is 1. The first-order chi connectivity index (χ1) is 13.3. The van der Waals surface area contributed by atoms with E-state index in [1.165, 1.54) is 6.92 Å². The molecule has 1 unspecified atom stereocenters. The molecule has 4 N–H and O–H groups in total. The van der Waals surface area contributed by atoms with Crippen LogP contribution in [0.2, 0.25) is 0 Å². The number of aliphatic imine (C=N–C) groups is 1. The molecular weight excluding hydrogens is 356 g/mol. The number of aliphatic hydroxyl groups is 1. The van der Waals surface area contributed by atoms with Crippen LogP contribution in [0.3, 0.4) is 0 Å². The number of hydrogen-bond acceptors (Lipinski definition) is 4. The van der Waals surface area contributed by atoms with Crippen LogP contribution in [-0.2, 0) is 23.9 Å². The van der Waals surface area contributed by atoms with Gasteiger partial charge in [0.1, 0.15) is 5.60 Å². The summed E-state index contributed by atoms with van der Waals surface area (Å²) in [6, 6.07) is 7.76. The van der Waals surface area contributed by atoms with Gasteiger partial charge in [-0.3, -0.25) is 9.48 Å². The number of anilines is 1. The monoisotopic (exact) mass is 386 g/mol. The molecule has 28 heavy (non-hydrogen) atoms. The fourth-order valence-electron chi connectivity index (χ4n) is 2.65. The number of hydrogen-bond donors (Lipinski definition) is 4. The summed E-state index contributed by atoms with van der Waals surface area (Å²) in [6.07, 6.45) is 4.25. The molecule has 1 heterocycles. The molecule has 0 saturated carbocycles. The Morgan fingerprint density at radius 1 is 1.29 bits per heavy atom. The van der Waals surface area contributed by atoms with Gasteiger partial charge < -0.3 is 21.1 Å². The average molecular weight is 387 g/mol. The molecule has 0 saturated heterocycles. The Morgan fingerprint density at radius 2 is 2.00 bits per heavy atom. The van der Waals surface area contributed by atoms with Gasteiger partial charge in [-0.05, 0) is 38.0 Å². The molecule has 0 fully saturated rings. The first kappa shape index (κ1) is 21.4. The largest absolute Gasteiger partial charge is 0.383 e. The molecule has 1 atom stereocenters. The second-order valence-corrected chi connectivity index (χ2v) is 6.93. The summed E-state index contributed by atoms with van der Waals surface area (Å²) in [4.78, 5) is 15.6. The smallest absolute Gasteiger partial charge is 0.221 e. The van der Waals surface area contributed by atoms with Crippen molar-refractivity contribution in [1.82, 2.24) is 20.4 Å². The third-order valence-corrected chi connectivity index (χ3v) is 4.20. The summed E-state index contributed by atoms with van der Waals surface area (Å²) < 4.78 is 1.66. The molecular formula is C20H30N6O2. The molecule has 1 amide bonds. The Kier molecular flexibility index (Phi) is 7.57. The van der Waals surface area contributed by atoms with E-state index in [4.69, 9.17) is 0 Å². The van der Waals surface area contributed by atoms with Crippen LogP contribution in [0.25, 0.3) is 0 Å². The van der Waals surface area contributed by atoms with E-state index in [1.807, 2.05) is 38.2 Å². The van der Waals surface area contributed by atoms with Crippen molar-refractivity contribution in [3.8, 4) is 0 Å².